The van der Waals surface area contributed by atoms with E-state index in [1.165, 1.54) is 29.2 Å². The average molecular weight is 389 g/mol. The molecular formula is C19H23N3O4S. The lowest BCUT2D eigenvalue weighted by atomic mass is 10.1. The first kappa shape index (κ1) is 20.6. The van der Waals surface area contributed by atoms with Gasteiger partial charge in [0.05, 0.1) is 4.90 Å². The molecule has 0 unspecified atom stereocenters. The lowest BCUT2D eigenvalue weighted by Gasteiger charge is -2.18. The van der Waals surface area contributed by atoms with Crippen LogP contribution in [-0.4, -0.2) is 45.8 Å². The molecule has 0 bridgehead atoms. The molecule has 7 nitrogen and oxygen atoms in total. The van der Waals surface area contributed by atoms with Crippen molar-refractivity contribution in [3.63, 3.8) is 0 Å². The Morgan fingerprint density at radius 3 is 2.04 bits per heavy atom. The van der Waals surface area contributed by atoms with Crippen molar-refractivity contribution in [1.29, 1.82) is 0 Å². The highest BCUT2D eigenvalue weighted by Crippen LogP contribution is 2.14. The molecule has 0 aliphatic carbocycles. The summed E-state index contributed by atoms with van der Waals surface area (Å²) in [7, 11) is -0.311. The molecule has 0 fully saturated rings. The fourth-order valence-electron chi connectivity index (χ4n) is 2.52. The SMILES string of the molecule is CCNS(=O)(=O)c1ccc(C(=O)N(C)Cc2ccc(C(=O)NC)cc2)cc1. The van der Waals surface area contributed by atoms with Gasteiger partial charge in [0.15, 0.2) is 0 Å². The number of hydrogen-bond donors (Lipinski definition) is 2. The summed E-state index contributed by atoms with van der Waals surface area (Å²) in [6, 6.07) is 12.8. The quantitative estimate of drug-likeness (QED) is 0.752. The second kappa shape index (κ2) is 8.79. The van der Waals surface area contributed by atoms with Gasteiger partial charge in [-0.15, -0.1) is 0 Å². The summed E-state index contributed by atoms with van der Waals surface area (Å²) in [5.74, 6) is -0.392. The Labute approximate surface area is 159 Å². The van der Waals surface area contributed by atoms with Gasteiger partial charge in [-0.2, -0.15) is 0 Å². The molecule has 2 aromatic carbocycles. The Kier molecular flexibility index (Phi) is 6.70. The second-order valence-corrected chi connectivity index (χ2v) is 7.73. The van der Waals surface area contributed by atoms with Crippen molar-refractivity contribution < 1.29 is 18.0 Å². The number of hydrogen-bond acceptors (Lipinski definition) is 4. The topological polar surface area (TPSA) is 95.6 Å². The van der Waals surface area contributed by atoms with Crippen LogP contribution < -0.4 is 10.0 Å². The molecule has 2 amide bonds. The number of nitrogens with one attached hydrogen (secondary N) is 2. The van der Waals surface area contributed by atoms with Crippen LogP contribution in [0.1, 0.15) is 33.2 Å². The molecular weight excluding hydrogens is 366 g/mol. The Morgan fingerprint density at radius 2 is 1.52 bits per heavy atom. The predicted octanol–water partition coefficient (Wildman–Crippen LogP) is 1.62. The van der Waals surface area contributed by atoms with Gasteiger partial charge in [-0.3, -0.25) is 9.59 Å². The lowest BCUT2D eigenvalue weighted by Crippen LogP contribution is -2.26. The number of sulfonamides is 1. The fraction of sp³-hybridized carbons (Fsp3) is 0.263. The summed E-state index contributed by atoms with van der Waals surface area (Å²) < 4.78 is 26.3. The maximum atomic E-state index is 12.6. The van der Waals surface area contributed by atoms with Gasteiger partial charge in [0.2, 0.25) is 10.0 Å². The lowest BCUT2D eigenvalue weighted by molar-refractivity contribution is 0.0784. The van der Waals surface area contributed by atoms with Gasteiger partial charge in [0.1, 0.15) is 0 Å². The highest BCUT2D eigenvalue weighted by atomic mass is 32.2. The minimum absolute atomic E-state index is 0.119. The Balaban J connectivity index is 2.07. The first-order valence-corrected chi connectivity index (χ1v) is 9.93. The van der Waals surface area contributed by atoms with Crippen molar-refractivity contribution in [1.82, 2.24) is 14.9 Å². The second-order valence-electron chi connectivity index (χ2n) is 5.96. The summed E-state index contributed by atoms with van der Waals surface area (Å²) in [5, 5.41) is 2.55. The van der Waals surface area contributed by atoms with Crippen LogP contribution in [0.2, 0.25) is 0 Å². The minimum Gasteiger partial charge on any atom is -0.355 e. The normalized spacial score (nSPS) is 11.1. The van der Waals surface area contributed by atoms with E-state index >= 15 is 0 Å². The third kappa shape index (κ3) is 5.15. The molecule has 0 radical (unpaired) electrons. The van der Waals surface area contributed by atoms with Gasteiger partial charge in [-0.1, -0.05) is 19.1 Å². The van der Waals surface area contributed by atoms with Crippen molar-refractivity contribution >= 4 is 21.8 Å². The molecule has 0 heterocycles. The maximum absolute atomic E-state index is 12.6. The predicted molar refractivity (Wildman–Crippen MR) is 103 cm³/mol. The van der Waals surface area contributed by atoms with Gasteiger partial charge >= 0.3 is 0 Å². The first-order valence-electron chi connectivity index (χ1n) is 8.44. The van der Waals surface area contributed by atoms with E-state index in [2.05, 4.69) is 10.0 Å². The van der Waals surface area contributed by atoms with Crippen molar-refractivity contribution in [3.05, 3.63) is 65.2 Å². The molecule has 144 valence electrons. The van der Waals surface area contributed by atoms with Crippen molar-refractivity contribution in [2.24, 2.45) is 0 Å². The number of nitrogens with zero attached hydrogens (tertiary/aromatic N) is 1. The summed E-state index contributed by atoms with van der Waals surface area (Å²) in [4.78, 5) is 25.8. The molecule has 0 atom stereocenters. The number of rotatable bonds is 7. The molecule has 0 aliphatic rings. The zero-order valence-electron chi connectivity index (χ0n) is 15.5. The van der Waals surface area contributed by atoms with Crippen LogP contribution in [0.3, 0.4) is 0 Å². The van der Waals surface area contributed by atoms with Gasteiger partial charge in [-0.25, -0.2) is 13.1 Å². The number of carbonyl (C=O) groups is 2. The fourth-order valence-corrected chi connectivity index (χ4v) is 3.56. The molecule has 0 saturated carbocycles. The largest absolute Gasteiger partial charge is 0.355 e. The Morgan fingerprint density at radius 1 is 0.963 bits per heavy atom. The highest BCUT2D eigenvalue weighted by molar-refractivity contribution is 7.89. The number of benzene rings is 2. The maximum Gasteiger partial charge on any atom is 0.253 e. The molecule has 2 rings (SSSR count). The summed E-state index contributed by atoms with van der Waals surface area (Å²) in [6.45, 7) is 2.36. The summed E-state index contributed by atoms with van der Waals surface area (Å²) in [5.41, 5.74) is 1.83. The Bertz CT molecular complexity index is 907. The van der Waals surface area contributed by atoms with Crippen LogP contribution >= 0.6 is 0 Å². The molecule has 0 aromatic heterocycles. The van der Waals surface area contributed by atoms with Crippen LogP contribution in [-0.2, 0) is 16.6 Å². The highest BCUT2D eigenvalue weighted by Gasteiger charge is 2.16. The van der Waals surface area contributed by atoms with E-state index in [0.29, 0.717) is 24.2 Å². The van der Waals surface area contributed by atoms with E-state index in [9.17, 15) is 18.0 Å². The summed E-state index contributed by atoms with van der Waals surface area (Å²) in [6.07, 6.45) is 0. The summed E-state index contributed by atoms with van der Waals surface area (Å²) >= 11 is 0. The van der Waals surface area contributed by atoms with E-state index < -0.39 is 10.0 Å². The first-order chi connectivity index (χ1) is 12.8. The van der Waals surface area contributed by atoms with Crippen LogP contribution in [0.25, 0.3) is 0 Å². The zero-order chi connectivity index (χ0) is 20.0. The molecule has 0 saturated heterocycles. The van der Waals surface area contributed by atoms with E-state index in [0.717, 1.165) is 5.56 Å². The van der Waals surface area contributed by atoms with E-state index in [4.69, 9.17) is 0 Å². The number of carbonyl (C=O) groups excluding carboxylic acids is 2. The molecule has 2 N–H and O–H groups in total. The third-order valence-electron chi connectivity index (χ3n) is 3.96. The monoisotopic (exact) mass is 389 g/mol. The minimum atomic E-state index is -3.54. The molecule has 8 heteroatoms. The van der Waals surface area contributed by atoms with Crippen LogP contribution in [0.5, 0.6) is 0 Å². The smallest absolute Gasteiger partial charge is 0.253 e. The standard InChI is InChI=1S/C19H23N3O4S/c1-4-21-27(25,26)17-11-9-16(10-12-17)19(24)22(3)13-14-5-7-15(8-6-14)18(23)20-2/h5-12,21H,4,13H2,1-3H3,(H,20,23). The van der Waals surface area contributed by atoms with Gasteiger partial charge in [0, 0.05) is 38.3 Å². The van der Waals surface area contributed by atoms with Crippen LogP contribution in [0.4, 0.5) is 0 Å². The zero-order valence-corrected chi connectivity index (χ0v) is 16.3. The van der Waals surface area contributed by atoms with E-state index in [-0.39, 0.29) is 16.7 Å². The van der Waals surface area contributed by atoms with Gasteiger partial charge < -0.3 is 10.2 Å². The van der Waals surface area contributed by atoms with E-state index in [1.807, 2.05) is 0 Å². The van der Waals surface area contributed by atoms with Gasteiger partial charge in [-0.05, 0) is 42.0 Å². The molecule has 2 aromatic rings. The van der Waals surface area contributed by atoms with Crippen LogP contribution in [0, 0.1) is 0 Å². The number of amides is 2. The molecule has 0 aliphatic heterocycles. The third-order valence-corrected chi connectivity index (χ3v) is 5.52. The van der Waals surface area contributed by atoms with Crippen molar-refractivity contribution in [2.45, 2.75) is 18.4 Å². The van der Waals surface area contributed by atoms with Crippen LogP contribution in [0.15, 0.2) is 53.4 Å². The molecule has 0 spiro atoms. The Hall–Kier alpha value is -2.71. The van der Waals surface area contributed by atoms with Crippen molar-refractivity contribution in [3.8, 4) is 0 Å². The van der Waals surface area contributed by atoms with Crippen molar-refractivity contribution in [2.75, 3.05) is 20.6 Å². The van der Waals surface area contributed by atoms with E-state index in [1.54, 1.807) is 45.3 Å². The average Bonchev–Trinajstić information content (AvgIpc) is 2.67. The molecule has 27 heavy (non-hydrogen) atoms. The van der Waals surface area contributed by atoms with Gasteiger partial charge in [0.25, 0.3) is 11.8 Å².